The Hall–Kier alpha value is -3.94. The van der Waals surface area contributed by atoms with Gasteiger partial charge in [-0.25, -0.2) is 4.98 Å². The summed E-state index contributed by atoms with van der Waals surface area (Å²) in [5.41, 5.74) is 4.64. The third-order valence-corrected chi connectivity index (χ3v) is 5.36. The third kappa shape index (κ3) is 2.08. The number of H-pyrrole nitrogens is 2. The van der Waals surface area contributed by atoms with Crippen LogP contribution in [0.3, 0.4) is 0 Å². The van der Waals surface area contributed by atoms with Crippen LogP contribution in [0.2, 0.25) is 0 Å². The van der Waals surface area contributed by atoms with Crippen LogP contribution in [0.15, 0.2) is 39.7 Å². The average molecular weight is 389 g/mol. The highest BCUT2D eigenvalue weighted by Gasteiger charge is 2.25. The van der Waals surface area contributed by atoms with Gasteiger partial charge >= 0.3 is 0 Å². The van der Waals surface area contributed by atoms with Crippen molar-refractivity contribution in [3.63, 3.8) is 0 Å². The van der Waals surface area contributed by atoms with Gasteiger partial charge in [0, 0.05) is 28.1 Å². The monoisotopic (exact) mass is 389 g/mol. The number of aryl methyl sites for hydroxylation is 1. The summed E-state index contributed by atoms with van der Waals surface area (Å²) in [6, 6.07) is 7.08. The summed E-state index contributed by atoms with van der Waals surface area (Å²) in [6.45, 7) is 1.90. The number of hydrogen-bond acceptors (Lipinski definition) is 6. The van der Waals surface area contributed by atoms with Gasteiger partial charge in [0.2, 0.25) is 12.5 Å². The van der Waals surface area contributed by atoms with Crippen LogP contribution >= 0.6 is 0 Å². The second kappa shape index (κ2) is 5.54. The van der Waals surface area contributed by atoms with Gasteiger partial charge in [-0.1, -0.05) is 0 Å². The van der Waals surface area contributed by atoms with Gasteiger partial charge in [0.15, 0.2) is 28.2 Å². The van der Waals surface area contributed by atoms with E-state index in [2.05, 4.69) is 10.2 Å². The van der Waals surface area contributed by atoms with Gasteiger partial charge in [0.05, 0.1) is 7.11 Å². The number of nitrogens with one attached hydrogen (secondary N) is 2. The zero-order chi connectivity index (χ0) is 19.7. The van der Waals surface area contributed by atoms with Crippen LogP contribution in [0.25, 0.3) is 44.2 Å². The van der Waals surface area contributed by atoms with Crippen LogP contribution < -0.4 is 19.6 Å². The molecular weight excluding hydrogens is 374 g/mol. The summed E-state index contributed by atoms with van der Waals surface area (Å²) in [5, 5.41) is 7.69. The van der Waals surface area contributed by atoms with E-state index in [4.69, 9.17) is 23.6 Å². The van der Waals surface area contributed by atoms with Gasteiger partial charge in [0.25, 0.3) is 0 Å². The maximum atomic E-state index is 12.1. The van der Waals surface area contributed by atoms with E-state index in [9.17, 15) is 4.79 Å². The molecule has 0 radical (unpaired) electrons. The van der Waals surface area contributed by atoms with Crippen LogP contribution in [-0.4, -0.2) is 29.1 Å². The largest absolute Gasteiger partial charge is 0.493 e. The van der Waals surface area contributed by atoms with E-state index in [0.29, 0.717) is 45.1 Å². The maximum absolute atomic E-state index is 12.1. The number of aromatic amines is 2. The Labute approximate surface area is 163 Å². The minimum Gasteiger partial charge on any atom is -0.493 e. The van der Waals surface area contributed by atoms with Crippen molar-refractivity contribution in [2.45, 2.75) is 6.92 Å². The standard InChI is InChI=1S/C21H15N3O5/c1-9-13(25)4-3-11-17-20(29-18(9)11)16(12-7-22-24-21(12)23-17)10-5-14(26-2)19-15(6-10)27-8-28-19/h3-7H,8H2,1-2H3,(H2,22,23,24). The SMILES string of the molecule is COc1cc(-c2c3c[nH][nH]c3nc3c2oc2c(C)c(=O)ccc23)cc2c1OCO2. The summed E-state index contributed by atoms with van der Waals surface area (Å²) < 4.78 is 22.8. The molecule has 2 N–H and O–H groups in total. The molecule has 5 aromatic rings. The van der Waals surface area contributed by atoms with Crippen molar-refractivity contribution in [1.82, 2.24) is 15.2 Å². The molecule has 0 atom stereocenters. The lowest BCUT2D eigenvalue weighted by atomic mass is 10.0. The molecule has 2 aromatic carbocycles. The number of fused-ring (bicyclic) bond motifs is 5. The van der Waals surface area contributed by atoms with Crippen molar-refractivity contribution in [3.8, 4) is 28.4 Å². The molecule has 0 aliphatic carbocycles. The fourth-order valence-electron chi connectivity index (χ4n) is 3.93. The number of methoxy groups -OCH3 is 1. The molecule has 0 spiro atoms. The van der Waals surface area contributed by atoms with E-state index < -0.39 is 0 Å². The topological polar surface area (TPSA) is 102 Å². The van der Waals surface area contributed by atoms with E-state index in [1.54, 1.807) is 26.2 Å². The zero-order valence-electron chi connectivity index (χ0n) is 15.6. The highest BCUT2D eigenvalue weighted by molar-refractivity contribution is 6.14. The Morgan fingerprint density at radius 3 is 2.90 bits per heavy atom. The van der Waals surface area contributed by atoms with E-state index in [-0.39, 0.29) is 12.2 Å². The molecule has 8 nitrogen and oxygen atoms in total. The molecule has 0 saturated carbocycles. The fourth-order valence-corrected chi connectivity index (χ4v) is 3.93. The average Bonchev–Trinajstić information content (AvgIpc) is 3.46. The van der Waals surface area contributed by atoms with E-state index in [1.807, 2.05) is 18.3 Å². The number of ether oxygens (including phenoxy) is 3. The van der Waals surface area contributed by atoms with Crippen LogP contribution in [-0.2, 0) is 0 Å². The Kier molecular flexibility index (Phi) is 3.07. The van der Waals surface area contributed by atoms with E-state index in [1.165, 1.54) is 0 Å². The van der Waals surface area contributed by atoms with Crippen LogP contribution in [0, 0.1) is 6.92 Å². The predicted molar refractivity (Wildman–Crippen MR) is 107 cm³/mol. The second-order valence-electron chi connectivity index (χ2n) is 6.92. The quantitative estimate of drug-likeness (QED) is 0.475. The van der Waals surface area contributed by atoms with Crippen molar-refractivity contribution < 1.29 is 18.6 Å². The van der Waals surface area contributed by atoms with Crippen molar-refractivity contribution in [2.24, 2.45) is 0 Å². The number of rotatable bonds is 2. The molecule has 1 aliphatic heterocycles. The number of hydrogen-bond donors (Lipinski definition) is 2. The van der Waals surface area contributed by atoms with Gasteiger partial charge in [-0.3, -0.25) is 9.89 Å². The maximum Gasteiger partial charge on any atom is 0.231 e. The van der Waals surface area contributed by atoms with E-state index >= 15 is 0 Å². The van der Waals surface area contributed by atoms with Crippen LogP contribution in [0.5, 0.6) is 17.2 Å². The molecule has 0 fully saturated rings. The molecule has 8 heteroatoms. The van der Waals surface area contributed by atoms with Crippen LogP contribution in [0.4, 0.5) is 0 Å². The highest BCUT2D eigenvalue weighted by atomic mass is 16.7. The third-order valence-electron chi connectivity index (χ3n) is 5.36. The van der Waals surface area contributed by atoms with Gasteiger partial charge in [-0.2, -0.15) is 0 Å². The van der Waals surface area contributed by atoms with Crippen molar-refractivity contribution in [1.29, 1.82) is 0 Å². The summed E-state index contributed by atoms with van der Waals surface area (Å²) in [5.74, 6) is 1.75. The minimum atomic E-state index is -0.0678. The minimum absolute atomic E-state index is 0.0678. The first kappa shape index (κ1) is 16.1. The van der Waals surface area contributed by atoms with Gasteiger partial charge in [-0.15, -0.1) is 0 Å². The van der Waals surface area contributed by atoms with Crippen molar-refractivity contribution in [2.75, 3.05) is 13.9 Å². The molecule has 4 heterocycles. The second-order valence-corrected chi connectivity index (χ2v) is 6.92. The Morgan fingerprint density at radius 1 is 1.14 bits per heavy atom. The van der Waals surface area contributed by atoms with Gasteiger partial charge < -0.3 is 23.7 Å². The summed E-state index contributed by atoms with van der Waals surface area (Å²) in [7, 11) is 1.59. The summed E-state index contributed by atoms with van der Waals surface area (Å²) >= 11 is 0. The number of nitrogens with zero attached hydrogens (tertiary/aromatic N) is 1. The highest BCUT2D eigenvalue weighted by Crippen LogP contribution is 2.47. The number of furan rings is 1. The number of pyridine rings is 1. The molecule has 0 bridgehead atoms. The molecule has 144 valence electrons. The summed E-state index contributed by atoms with van der Waals surface area (Å²) in [4.78, 5) is 16.8. The first-order valence-corrected chi connectivity index (χ1v) is 9.05. The lowest BCUT2D eigenvalue weighted by molar-refractivity contribution is 0.171. The first-order valence-electron chi connectivity index (χ1n) is 9.05. The lowest BCUT2D eigenvalue weighted by Gasteiger charge is -2.09. The van der Waals surface area contributed by atoms with E-state index in [0.717, 1.165) is 21.9 Å². The Morgan fingerprint density at radius 2 is 2.03 bits per heavy atom. The van der Waals surface area contributed by atoms with Gasteiger partial charge in [-0.05, 0) is 36.8 Å². The smallest absolute Gasteiger partial charge is 0.231 e. The van der Waals surface area contributed by atoms with Crippen molar-refractivity contribution in [3.05, 3.63) is 46.2 Å². The normalized spacial score (nSPS) is 13.0. The molecule has 1 aliphatic rings. The fraction of sp³-hybridized carbons (Fsp3) is 0.143. The van der Waals surface area contributed by atoms with Crippen molar-refractivity contribution >= 4 is 33.1 Å². The Bertz CT molecular complexity index is 1510. The number of benzene rings is 2. The Balaban J connectivity index is 1.79. The summed E-state index contributed by atoms with van der Waals surface area (Å²) in [6.07, 6.45) is 1.83. The molecule has 0 amide bonds. The lowest BCUT2D eigenvalue weighted by Crippen LogP contribution is -2.01. The molecule has 29 heavy (non-hydrogen) atoms. The molecule has 3 aromatic heterocycles. The predicted octanol–water partition coefficient (Wildman–Crippen LogP) is 3.86. The number of aromatic nitrogens is 3. The molecule has 0 saturated heterocycles. The first-order chi connectivity index (χ1) is 14.2. The molecule has 0 unspecified atom stereocenters. The molecular formula is C21H15N3O5. The molecule has 6 rings (SSSR count). The zero-order valence-corrected chi connectivity index (χ0v) is 15.6. The van der Waals surface area contributed by atoms with Gasteiger partial charge in [0.1, 0.15) is 11.1 Å². The van der Waals surface area contributed by atoms with Crippen LogP contribution in [0.1, 0.15) is 5.56 Å².